The molecule has 27 heavy (non-hydrogen) atoms. The molecule has 2 rings (SSSR count). The van der Waals surface area contributed by atoms with Crippen LogP contribution in [0, 0.1) is 10.1 Å². The van der Waals surface area contributed by atoms with Crippen LogP contribution in [0.4, 0.5) is 11.4 Å². The number of ether oxygens (including phenoxy) is 1. The highest BCUT2D eigenvalue weighted by atomic mass is 16.6. The van der Waals surface area contributed by atoms with Gasteiger partial charge in [-0.2, -0.15) is 0 Å². The molecule has 0 aliphatic heterocycles. The molecule has 0 unspecified atom stereocenters. The lowest BCUT2D eigenvalue weighted by Crippen LogP contribution is -2.11. The van der Waals surface area contributed by atoms with Crippen LogP contribution in [-0.4, -0.2) is 17.4 Å². The molecule has 2 aromatic carbocycles. The number of amides is 1. The van der Waals surface area contributed by atoms with Crippen molar-refractivity contribution >= 4 is 17.3 Å². The Hall–Kier alpha value is -2.89. The van der Waals surface area contributed by atoms with Crippen molar-refractivity contribution in [2.24, 2.45) is 0 Å². The molecule has 6 nitrogen and oxygen atoms in total. The van der Waals surface area contributed by atoms with Crippen LogP contribution in [-0.2, 0) is 0 Å². The summed E-state index contributed by atoms with van der Waals surface area (Å²) in [7, 11) is 0. The fourth-order valence-electron chi connectivity index (χ4n) is 2.64. The van der Waals surface area contributed by atoms with E-state index in [4.69, 9.17) is 4.74 Å². The van der Waals surface area contributed by atoms with Crippen molar-refractivity contribution in [2.75, 3.05) is 11.9 Å². The molecule has 144 valence electrons. The Morgan fingerprint density at radius 3 is 2.22 bits per heavy atom. The van der Waals surface area contributed by atoms with Gasteiger partial charge in [0.1, 0.15) is 5.75 Å². The van der Waals surface area contributed by atoms with Crippen LogP contribution >= 0.6 is 0 Å². The van der Waals surface area contributed by atoms with Gasteiger partial charge in [-0.1, -0.05) is 39.0 Å². The van der Waals surface area contributed by atoms with Crippen LogP contribution < -0.4 is 10.1 Å². The third kappa shape index (κ3) is 7.09. The largest absolute Gasteiger partial charge is 0.494 e. The summed E-state index contributed by atoms with van der Waals surface area (Å²) in [6.45, 7) is 2.89. The molecule has 0 heterocycles. The maximum absolute atomic E-state index is 12.2. The van der Waals surface area contributed by atoms with Gasteiger partial charge in [-0.25, -0.2) is 0 Å². The number of non-ortho nitro benzene ring substituents is 1. The first-order valence-electron chi connectivity index (χ1n) is 9.39. The number of benzene rings is 2. The van der Waals surface area contributed by atoms with Crippen LogP contribution in [0.2, 0.25) is 0 Å². The molecule has 0 bridgehead atoms. The van der Waals surface area contributed by atoms with Crippen molar-refractivity contribution in [3.63, 3.8) is 0 Å². The maximum Gasteiger partial charge on any atom is 0.269 e. The first kappa shape index (κ1) is 20.4. The predicted octanol–water partition coefficient (Wildman–Crippen LogP) is 5.59. The molecule has 1 amide bonds. The molecule has 0 aliphatic rings. The van der Waals surface area contributed by atoms with E-state index >= 15 is 0 Å². The standard InChI is InChI=1S/C21H26N2O4/c1-2-3-4-5-6-7-16-27-20-14-8-17(9-15-20)21(24)22-18-10-12-19(13-11-18)23(25)26/h8-15H,2-7,16H2,1H3,(H,22,24). The molecule has 0 saturated heterocycles. The van der Waals surface area contributed by atoms with E-state index in [0.29, 0.717) is 17.9 Å². The minimum Gasteiger partial charge on any atom is -0.494 e. The summed E-state index contributed by atoms with van der Waals surface area (Å²) in [4.78, 5) is 22.4. The molecule has 0 spiro atoms. The normalized spacial score (nSPS) is 10.4. The summed E-state index contributed by atoms with van der Waals surface area (Å²) in [6, 6.07) is 12.7. The smallest absolute Gasteiger partial charge is 0.269 e. The minimum atomic E-state index is -0.477. The van der Waals surface area contributed by atoms with Crippen LogP contribution in [0.25, 0.3) is 0 Å². The maximum atomic E-state index is 12.2. The van der Waals surface area contributed by atoms with Gasteiger partial charge in [0.25, 0.3) is 11.6 Å². The zero-order valence-corrected chi connectivity index (χ0v) is 15.6. The second-order valence-corrected chi connectivity index (χ2v) is 6.40. The lowest BCUT2D eigenvalue weighted by molar-refractivity contribution is -0.384. The summed E-state index contributed by atoms with van der Waals surface area (Å²) in [5.41, 5.74) is 0.995. The summed E-state index contributed by atoms with van der Waals surface area (Å²) in [6.07, 6.45) is 7.29. The van der Waals surface area contributed by atoms with Crippen LogP contribution in [0.1, 0.15) is 55.8 Å². The predicted molar refractivity (Wildman–Crippen MR) is 106 cm³/mol. The van der Waals surface area contributed by atoms with Gasteiger partial charge >= 0.3 is 0 Å². The number of anilines is 1. The van der Waals surface area contributed by atoms with Crippen molar-refractivity contribution in [1.29, 1.82) is 0 Å². The molecule has 2 aromatic rings. The number of nitrogens with zero attached hydrogens (tertiary/aromatic N) is 1. The monoisotopic (exact) mass is 370 g/mol. The highest BCUT2D eigenvalue weighted by Crippen LogP contribution is 2.18. The Morgan fingerprint density at radius 2 is 1.59 bits per heavy atom. The molecule has 1 N–H and O–H groups in total. The highest BCUT2D eigenvalue weighted by Gasteiger charge is 2.08. The van der Waals surface area contributed by atoms with Crippen molar-refractivity contribution in [3.8, 4) is 5.75 Å². The minimum absolute atomic E-state index is 0.0140. The number of hydrogen-bond donors (Lipinski definition) is 1. The van der Waals surface area contributed by atoms with E-state index in [-0.39, 0.29) is 11.6 Å². The van der Waals surface area contributed by atoms with E-state index < -0.39 is 4.92 Å². The van der Waals surface area contributed by atoms with Gasteiger partial charge in [-0.05, 0) is 42.8 Å². The number of hydrogen-bond acceptors (Lipinski definition) is 4. The van der Waals surface area contributed by atoms with Crippen LogP contribution in [0.3, 0.4) is 0 Å². The molecule has 0 aliphatic carbocycles. The number of nitro benzene ring substituents is 1. The number of nitrogens with one attached hydrogen (secondary N) is 1. The summed E-state index contributed by atoms with van der Waals surface area (Å²) in [5, 5.41) is 13.4. The van der Waals surface area contributed by atoms with Gasteiger partial charge in [0.05, 0.1) is 11.5 Å². The molecular formula is C21H26N2O4. The van der Waals surface area contributed by atoms with E-state index in [1.807, 2.05) is 0 Å². The van der Waals surface area contributed by atoms with Crippen LogP contribution in [0.5, 0.6) is 5.75 Å². The van der Waals surface area contributed by atoms with Gasteiger partial charge in [-0.15, -0.1) is 0 Å². The lowest BCUT2D eigenvalue weighted by atomic mass is 10.1. The summed E-state index contributed by atoms with van der Waals surface area (Å²) >= 11 is 0. The number of nitro groups is 1. The number of unbranched alkanes of at least 4 members (excludes halogenated alkanes) is 5. The Balaban J connectivity index is 1.76. The SMILES string of the molecule is CCCCCCCCOc1ccc(C(=O)Nc2ccc([N+](=O)[O-])cc2)cc1. The van der Waals surface area contributed by atoms with E-state index in [9.17, 15) is 14.9 Å². The second kappa shape index (κ2) is 11.0. The van der Waals surface area contributed by atoms with Crippen molar-refractivity contribution < 1.29 is 14.5 Å². The zero-order valence-electron chi connectivity index (χ0n) is 15.6. The number of carbonyl (C=O) groups is 1. The number of carbonyl (C=O) groups excluding carboxylic acids is 1. The Morgan fingerprint density at radius 1 is 0.963 bits per heavy atom. The summed E-state index contributed by atoms with van der Waals surface area (Å²) < 4.78 is 5.71. The molecule has 0 saturated carbocycles. The van der Waals surface area contributed by atoms with Crippen LogP contribution in [0.15, 0.2) is 48.5 Å². The van der Waals surface area contributed by atoms with E-state index in [0.717, 1.165) is 12.2 Å². The average Bonchev–Trinajstić information content (AvgIpc) is 2.68. The topological polar surface area (TPSA) is 81.5 Å². The zero-order chi connectivity index (χ0) is 19.5. The van der Waals surface area contributed by atoms with Gasteiger partial charge in [-0.3, -0.25) is 14.9 Å². The molecular weight excluding hydrogens is 344 g/mol. The average molecular weight is 370 g/mol. The Kier molecular flexibility index (Phi) is 8.29. The highest BCUT2D eigenvalue weighted by molar-refractivity contribution is 6.04. The fraction of sp³-hybridized carbons (Fsp3) is 0.381. The van der Waals surface area contributed by atoms with E-state index in [1.54, 1.807) is 24.3 Å². The van der Waals surface area contributed by atoms with Gasteiger partial charge in [0, 0.05) is 23.4 Å². The third-order valence-electron chi connectivity index (χ3n) is 4.22. The molecule has 0 aromatic heterocycles. The van der Waals surface area contributed by atoms with Crippen molar-refractivity contribution in [1.82, 2.24) is 0 Å². The summed E-state index contributed by atoms with van der Waals surface area (Å²) in [5.74, 6) is 0.474. The first-order valence-corrected chi connectivity index (χ1v) is 9.39. The van der Waals surface area contributed by atoms with Crippen molar-refractivity contribution in [3.05, 3.63) is 64.2 Å². The first-order chi connectivity index (χ1) is 13.1. The quantitative estimate of drug-likeness (QED) is 0.318. The van der Waals surface area contributed by atoms with Gasteiger partial charge in [0.15, 0.2) is 0 Å². The van der Waals surface area contributed by atoms with Gasteiger partial charge < -0.3 is 10.1 Å². The molecule has 6 heteroatoms. The molecule has 0 atom stereocenters. The second-order valence-electron chi connectivity index (χ2n) is 6.40. The van der Waals surface area contributed by atoms with E-state index in [1.165, 1.54) is 56.4 Å². The van der Waals surface area contributed by atoms with Crippen molar-refractivity contribution in [2.45, 2.75) is 45.4 Å². The Bertz CT molecular complexity index is 727. The third-order valence-corrected chi connectivity index (χ3v) is 4.22. The molecule has 0 fully saturated rings. The molecule has 0 radical (unpaired) electrons. The van der Waals surface area contributed by atoms with E-state index in [2.05, 4.69) is 12.2 Å². The Labute approximate surface area is 159 Å². The number of rotatable bonds is 11. The lowest BCUT2D eigenvalue weighted by Gasteiger charge is -2.08. The van der Waals surface area contributed by atoms with Gasteiger partial charge in [0.2, 0.25) is 0 Å². The fourth-order valence-corrected chi connectivity index (χ4v) is 2.64.